The number of carbonyl (C=O) groups is 1. The van der Waals surface area contributed by atoms with E-state index in [9.17, 15) is 4.79 Å². The van der Waals surface area contributed by atoms with E-state index in [0.717, 1.165) is 38.1 Å². The van der Waals surface area contributed by atoms with Crippen molar-refractivity contribution in [3.8, 4) is 22.3 Å². The topological polar surface area (TPSA) is 39.4 Å². The molecule has 6 rings (SSSR count). The van der Waals surface area contributed by atoms with Gasteiger partial charge in [0, 0.05) is 26.8 Å². The van der Waals surface area contributed by atoms with Crippen LogP contribution in [0.1, 0.15) is 35.3 Å². The Morgan fingerprint density at radius 1 is 0.879 bits per heavy atom. The highest BCUT2D eigenvalue weighted by Crippen LogP contribution is 2.55. The van der Waals surface area contributed by atoms with Gasteiger partial charge in [-0.15, -0.1) is 0 Å². The third-order valence-corrected chi connectivity index (χ3v) is 7.10. The van der Waals surface area contributed by atoms with Gasteiger partial charge >= 0.3 is 5.97 Å². The third kappa shape index (κ3) is 2.72. The summed E-state index contributed by atoms with van der Waals surface area (Å²) in [7, 11) is 1.40. The minimum absolute atomic E-state index is 0.267. The lowest BCUT2D eigenvalue weighted by Crippen LogP contribution is -2.15. The Morgan fingerprint density at radius 3 is 2.45 bits per heavy atom. The average Bonchev–Trinajstić information content (AvgIpc) is 3.31. The molecule has 3 nitrogen and oxygen atoms in total. The third-order valence-electron chi connectivity index (χ3n) is 6.87. The fourth-order valence-electron chi connectivity index (χ4n) is 5.28. The minimum Gasteiger partial charge on any atom is -0.465 e. The first kappa shape index (κ1) is 20.1. The Bertz CT molecular complexity index is 1610. The molecular weight excluding hydrogens is 432 g/mol. The van der Waals surface area contributed by atoms with Crippen molar-refractivity contribution >= 4 is 39.5 Å². The van der Waals surface area contributed by atoms with Gasteiger partial charge in [-0.2, -0.15) is 0 Å². The van der Waals surface area contributed by atoms with E-state index < -0.39 is 0 Å². The molecule has 0 aliphatic heterocycles. The zero-order chi connectivity index (χ0) is 22.9. The fourth-order valence-corrected chi connectivity index (χ4v) is 5.45. The van der Waals surface area contributed by atoms with Gasteiger partial charge in [0.05, 0.1) is 12.7 Å². The Balaban J connectivity index is 1.81. The van der Waals surface area contributed by atoms with Gasteiger partial charge in [-0.05, 0) is 58.1 Å². The molecule has 33 heavy (non-hydrogen) atoms. The predicted molar refractivity (Wildman–Crippen MR) is 133 cm³/mol. The van der Waals surface area contributed by atoms with E-state index in [1.54, 1.807) is 6.07 Å². The van der Waals surface area contributed by atoms with Crippen LogP contribution in [0.3, 0.4) is 0 Å². The molecule has 0 radical (unpaired) electrons. The van der Waals surface area contributed by atoms with Crippen molar-refractivity contribution in [3.63, 3.8) is 0 Å². The first-order valence-corrected chi connectivity index (χ1v) is 11.3. The van der Waals surface area contributed by atoms with E-state index in [1.807, 2.05) is 42.5 Å². The number of ether oxygens (including phenoxy) is 1. The van der Waals surface area contributed by atoms with Gasteiger partial charge in [0.2, 0.25) is 0 Å². The van der Waals surface area contributed by atoms with Crippen LogP contribution in [0.2, 0.25) is 5.02 Å². The molecule has 0 saturated carbocycles. The Kier molecular flexibility index (Phi) is 4.24. The molecule has 4 aromatic carbocycles. The SMILES string of the molecule is COC(=O)c1ccccc1-c1cc2c(c3c1oc1ccccc13)-c1ccc(Cl)cc1C2(C)C. The van der Waals surface area contributed by atoms with Crippen LogP contribution in [0, 0.1) is 0 Å². The van der Waals surface area contributed by atoms with E-state index in [4.69, 9.17) is 20.8 Å². The van der Waals surface area contributed by atoms with Crippen molar-refractivity contribution in [3.05, 3.63) is 94.5 Å². The Labute approximate surface area is 196 Å². The lowest BCUT2D eigenvalue weighted by Gasteiger charge is -2.22. The van der Waals surface area contributed by atoms with E-state index in [-0.39, 0.29) is 11.4 Å². The number of fused-ring (bicyclic) bond motifs is 7. The predicted octanol–water partition coefficient (Wildman–Crippen LogP) is 8.00. The number of esters is 1. The van der Waals surface area contributed by atoms with Gasteiger partial charge in [0.25, 0.3) is 0 Å². The maximum absolute atomic E-state index is 12.6. The summed E-state index contributed by atoms with van der Waals surface area (Å²) in [6, 6.07) is 23.9. The molecule has 4 heteroatoms. The molecule has 0 spiro atoms. The summed E-state index contributed by atoms with van der Waals surface area (Å²) >= 11 is 6.41. The van der Waals surface area contributed by atoms with Crippen molar-refractivity contribution in [2.75, 3.05) is 7.11 Å². The lowest BCUT2D eigenvalue weighted by molar-refractivity contribution is 0.0601. The summed E-state index contributed by atoms with van der Waals surface area (Å²) in [5.74, 6) is -0.371. The molecular formula is C29H21ClO3. The van der Waals surface area contributed by atoms with E-state index in [0.29, 0.717) is 5.56 Å². The maximum Gasteiger partial charge on any atom is 0.338 e. The molecule has 0 bridgehead atoms. The number of halogens is 1. The van der Waals surface area contributed by atoms with Crippen molar-refractivity contribution in [2.45, 2.75) is 19.3 Å². The first-order chi connectivity index (χ1) is 15.9. The molecule has 1 aliphatic rings. The monoisotopic (exact) mass is 452 g/mol. The zero-order valence-electron chi connectivity index (χ0n) is 18.5. The standard InChI is InChI=1S/C29H21ClO3/c1-29(2)22-14-16(30)12-13-19(22)25-23(29)15-21(17-8-4-5-9-18(17)28(31)32-3)27-26(25)20-10-6-7-11-24(20)33-27/h4-15H,1-3H3. The second-order valence-electron chi connectivity index (χ2n) is 9.00. The van der Waals surface area contributed by atoms with Gasteiger partial charge in [0.15, 0.2) is 0 Å². The molecule has 0 saturated heterocycles. The van der Waals surface area contributed by atoms with Crippen LogP contribution in [-0.2, 0) is 10.2 Å². The quantitative estimate of drug-likeness (QED) is 0.255. The molecule has 5 aromatic rings. The number of furan rings is 1. The van der Waals surface area contributed by atoms with Crippen molar-refractivity contribution < 1.29 is 13.9 Å². The number of rotatable bonds is 2. The highest BCUT2D eigenvalue weighted by molar-refractivity contribution is 6.31. The van der Waals surface area contributed by atoms with Crippen LogP contribution in [0.25, 0.3) is 44.2 Å². The first-order valence-electron chi connectivity index (χ1n) is 10.9. The highest BCUT2D eigenvalue weighted by Gasteiger charge is 2.39. The van der Waals surface area contributed by atoms with Crippen LogP contribution in [0.15, 0.2) is 77.2 Å². The minimum atomic E-state index is -0.371. The van der Waals surface area contributed by atoms with E-state index >= 15 is 0 Å². The number of carbonyl (C=O) groups excluding carboxylic acids is 1. The van der Waals surface area contributed by atoms with Gasteiger partial charge in [-0.25, -0.2) is 4.79 Å². The summed E-state index contributed by atoms with van der Waals surface area (Å²) in [5, 5.41) is 2.84. The molecule has 162 valence electrons. The summed E-state index contributed by atoms with van der Waals surface area (Å²) in [6.45, 7) is 4.44. The van der Waals surface area contributed by atoms with Gasteiger partial charge < -0.3 is 9.15 Å². The average molecular weight is 453 g/mol. The van der Waals surface area contributed by atoms with E-state index in [2.05, 4.69) is 38.1 Å². The normalized spacial score (nSPS) is 13.8. The molecule has 0 N–H and O–H groups in total. The summed E-state index contributed by atoms with van der Waals surface area (Å²) < 4.78 is 11.5. The Morgan fingerprint density at radius 2 is 1.64 bits per heavy atom. The Hall–Kier alpha value is -3.56. The van der Waals surface area contributed by atoms with Crippen LogP contribution >= 0.6 is 11.6 Å². The number of hydrogen-bond donors (Lipinski definition) is 0. The number of benzene rings is 4. The van der Waals surface area contributed by atoms with Gasteiger partial charge in [-0.1, -0.05) is 67.9 Å². The van der Waals surface area contributed by atoms with Gasteiger partial charge in [-0.3, -0.25) is 0 Å². The molecule has 1 aromatic heterocycles. The van der Waals surface area contributed by atoms with Crippen LogP contribution in [-0.4, -0.2) is 13.1 Å². The maximum atomic E-state index is 12.6. The summed E-state index contributed by atoms with van der Waals surface area (Å²) in [4.78, 5) is 12.6. The fraction of sp³-hybridized carbons (Fsp3) is 0.138. The molecule has 0 unspecified atom stereocenters. The number of hydrogen-bond acceptors (Lipinski definition) is 3. The van der Waals surface area contributed by atoms with Crippen LogP contribution < -0.4 is 0 Å². The lowest BCUT2D eigenvalue weighted by atomic mass is 9.80. The van der Waals surface area contributed by atoms with Crippen molar-refractivity contribution in [2.24, 2.45) is 0 Å². The molecule has 0 amide bonds. The molecule has 0 atom stereocenters. The largest absolute Gasteiger partial charge is 0.465 e. The second-order valence-corrected chi connectivity index (χ2v) is 9.44. The van der Waals surface area contributed by atoms with Crippen LogP contribution in [0.5, 0.6) is 0 Å². The molecule has 0 fully saturated rings. The highest BCUT2D eigenvalue weighted by atomic mass is 35.5. The molecule has 1 aliphatic carbocycles. The second kappa shape index (κ2) is 6.97. The van der Waals surface area contributed by atoms with Crippen LogP contribution in [0.4, 0.5) is 0 Å². The number of methoxy groups -OCH3 is 1. The number of para-hydroxylation sites is 1. The smallest absolute Gasteiger partial charge is 0.338 e. The van der Waals surface area contributed by atoms with E-state index in [1.165, 1.54) is 29.4 Å². The van der Waals surface area contributed by atoms with Gasteiger partial charge in [0.1, 0.15) is 11.2 Å². The van der Waals surface area contributed by atoms with Crippen molar-refractivity contribution in [1.82, 2.24) is 0 Å². The zero-order valence-corrected chi connectivity index (χ0v) is 19.3. The summed E-state index contributed by atoms with van der Waals surface area (Å²) in [5.41, 5.74) is 8.23. The molecule has 1 heterocycles. The summed E-state index contributed by atoms with van der Waals surface area (Å²) in [6.07, 6.45) is 0. The van der Waals surface area contributed by atoms with Crippen molar-refractivity contribution in [1.29, 1.82) is 0 Å².